The highest BCUT2D eigenvalue weighted by molar-refractivity contribution is 7.09. The Morgan fingerprint density at radius 3 is 2.85 bits per heavy atom. The first kappa shape index (κ1) is 19.6. The average Bonchev–Trinajstić information content (AvgIpc) is 2.96. The van der Waals surface area contributed by atoms with Gasteiger partial charge in [0.15, 0.2) is 0 Å². The van der Waals surface area contributed by atoms with E-state index in [4.69, 9.17) is 0 Å². The molecule has 8 heteroatoms. The van der Waals surface area contributed by atoms with Gasteiger partial charge in [0.25, 0.3) is 0 Å². The number of nitrogens with one attached hydrogen (secondary N) is 2. The van der Waals surface area contributed by atoms with Crippen LogP contribution in [-0.4, -0.2) is 41.7 Å². The number of aryl methyl sites for hydroxylation is 1. The fraction of sp³-hybridized carbons (Fsp3) is 0.667. The van der Waals surface area contributed by atoms with Gasteiger partial charge in [0.2, 0.25) is 5.91 Å². The molecule has 116 valence electrons. The van der Waals surface area contributed by atoms with E-state index in [1.54, 1.807) is 11.3 Å². The molecule has 2 rings (SSSR count). The highest BCUT2D eigenvalue weighted by Gasteiger charge is 2.24. The Balaban J connectivity index is 0.00000180. The van der Waals surface area contributed by atoms with Gasteiger partial charge in [0.1, 0.15) is 0 Å². The van der Waals surface area contributed by atoms with Crippen molar-refractivity contribution in [3.8, 4) is 0 Å². The molecule has 1 amide bonds. The van der Waals surface area contributed by atoms with Crippen LogP contribution in [0.3, 0.4) is 0 Å². The molecular formula is C12H21Cl2N3O2S. The number of aliphatic hydroxyl groups is 1. The van der Waals surface area contributed by atoms with Gasteiger partial charge in [0, 0.05) is 30.9 Å². The largest absolute Gasteiger partial charge is 0.391 e. The van der Waals surface area contributed by atoms with Gasteiger partial charge in [-0.2, -0.15) is 0 Å². The van der Waals surface area contributed by atoms with Crippen LogP contribution in [0.1, 0.15) is 17.6 Å². The van der Waals surface area contributed by atoms with Crippen molar-refractivity contribution in [2.24, 2.45) is 5.92 Å². The lowest BCUT2D eigenvalue weighted by Gasteiger charge is -2.13. The van der Waals surface area contributed by atoms with Crippen LogP contribution in [-0.2, 0) is 17.6 Å². The number of amides is 1. The predicted molar refractivity (Wildman–Crippen MR) is 85.1 cm³/mol. The molecule has 1 saturated heterocycles. The maximum absolute atomic E-state index is 11.7. The van der Waals surface area contributed by atoms with Gasteiger partial charge < -0.3 is 15.7 Å². The molecule has 1 aromatic heterocycles. The van der Waals surface area contributed by atoms with E-state index in [2.05, 4.69) is 22.5 Å². The Bertz CT molecular complexity index is 417. The lowest BCUT2D eigenvalue weighted by molar-refractivity contribution is -0.120. The maximum atomic E-state index is 11.7. The van der Waals surface area contributed by atoms with E-state index in [0.717, 1.165) is 23.7 Å². The Morgan fingerprint density at radius 2 is 2.30 bits per heavy atom. The first-order chi connectivity index (χ1) is 8.69. The summed E-state index contributed by atoms with van der Waals surface area (Å²) in [5, 5.41) is 18.6. The molecule has 1 aliphatic heterocycles. The molecule has 0 bridgehead atoms. The highest BCUT2D eigenvalue weighted by Crippen LogP contribution is 2.11. The van der Waals surface area contributed by atoms with Gasteiger partial charge in [0.05, 0.1) is 23.2 Å². The number of nitrogens with zero attached hydrogens (tertiary/aromatic N) is 1. The second-order valence-corrected chi connectivity index (χ2v) is 5.50. The quantitative estimate of drug-likeness (QED) is 0.740. The van der Waals surface area contributed by atoms with Crippen molar-refractivity contribution in [2.75, 3.05) is 19.6 Å². The number of thiazole rings is 1. The summed E-state index contributed by atoms with van der Waals surface area (Å²) in [6.45, 7) is 3.96. The molecule has 1 aliphatic rings. The van der Waals surface area contributed by atoms with Gasteiger partial charge in [-0.25, -0.2) is 4.98 Å². The van der Waals surface area contributed by atoms with Crippen molar-refractivity contribution in [2.45, 2.75) is 25.9 Å². The summed E-state index contributed by atoms with van der Waals surface area (Å²) in [4.78, 5) is 16.1. The van der Waals surface area contributed by atoms with Crippen molar-refractivity contribution in [1.29, 1.82) is 0 Å². The minimum absolute atomic E-state index is 0. The number of aromatic nitrogens is 1. The third kappa shape index (κ3) is 5.54. The third-order valence-electron chi connectivity index (χ3n) is 3.11. The third-order valence-corrected chi connectivity index (χ3v) is 4.15. The summed E-state index contributed by atoms with van der Waals surface area (Å²) in [6, 6.07) is 0. The number of hydrogen-bond donors (Lipinski definition) is 3. The lowest BCUT2D eigenvalue weighted by Crippen LogP contribution is -2.35. The molecule has 0 aromatic carbocycles. The number of carbonyl (C=O) groups is 1. The van der Waals surface area contributed by atoms with Crippen molar-refractivity contribution in [1.82, 2.24) is 15.6 Å². The van der Waals surface area contributed by atoms with Crippen molar-refractivity contribution < 1.29 is 9.90 Å². The first-order valence-corrected chi connectivity index (χ1v) is 7.15. The topological polar surface area (TPSA) is 74.2 Å². The second-order valence-electron chi connectivity index (χ2n) is 4.55. The normalized spacial score (nSPS) is 20.9. The molecule has 1 aromatic rings. The summed E-state index contributed by atoms with van der Waals surface area (Å²) in [5.41, 5.74) is 0.833. The molecule has 1 fully saturated rings. The van der Waals surface area contributed by atoms with E-state index in [9.17, 15) is 9.90 Å². The molecule has 2 atom stereocenters. The van der Waals surface area contributed by atoms with Crippen LogP contribution in [0.15, 0.2) is 5.38 Å². The summed E-state index contributed by atoms with van der Waals surface area (Å²) in [6.07, 6.45) is 0.884. The van der Waals surface area contributed by atoms with Crippen LogP contribution < -0.4 is 10.6 Å². The Labute approximate surface area is 135 Å². The zero-order chi connectivity index (χ0) is 13.0. The van der Waals surface area contributed by atoms with Crippen LogP contribution in [0.2, 0.25) is 0 Å². The van der Waals surface area contributed by atoms with E-state index in [1.165, 1.54) is 0 Å². The van der Waals surface area contributed by atoms with E-state index in [1.807, 2.05) is 5.38 Å². The fourth-order valence-electron chi connectivity index (χ4n) is 1.99. The van der Waals surface area contributed by atoms with Gasteiger partial charge in [-0.05, 0) is 6.42 Å². The van der Waals surface area contributed by atoms with E-state index >= 15 is 0 Å². The summed E-state index contributed by atoms with van der Waals surface area (Å²) >= 11 is 1.59. The Hall–Kier alpha value is -0.400. The molecule has 2 unspecified atom stereocenters. The molecule has 5 nitrogen and oxygen atoms in total. The van der Waals surface area contributed by atoms with E-state index < -0.39 is 0 Å². The standard InChI is InChI=1S/C12H19N3O2S.2ClH/c1-2-12-15-9(7-18-12)3-11(17)14-5-8-4-13-6-10(8)16;;/h7-8,10,13,16H,2-6H2,1H3,(H,14,17);2*1H. The number of halogens is 2. The molecule has 0 aliphatic carbocycles. The van der Waals surface area contributed by atoms with Crippen LogP contribution in [0.25, 0.3) is 0 Å². The molecule has 2 heterocycles. The maximum Gasteiger partial charge on any atom is 0.226 e. The van der Waals surface area contributed by atoms with Gasteiger partial charge >= 0.3 is 0 Å². The van der Waals surface area contributed by atoms with Crippen molar-refractivity contribution in [3.05, 3.63) is 16.1 Å². The number of β-amino-alcohol motifs (C(OH)–C–C–N with tert-alkyl or cyclic N) is 1. The smallest absolute Gasteiger partial charge is 0.226 e. The van der Waals surface area contributed by atoms with E-state index in [0.29, 0.717) is 19.5 Å². The summed E-state index contributed by atoms with van der Waals surface area (Å²) in [5.74, 6) is 0.0950. The van der Waals surface area contributed by atoms with Crippen LogP contribution in [0.4, 0.5) is 0 Å². The van der Waals surface area contributed by atoms with Gasteiger partial charge in [-0.3, -0.25) is 4.79 Å². The number of aliphatic hydroxyl groups excluding tert-OH is 1. The fourth-order valence-corrected chi connectivity index (χ4v) is 2.74. The number of hydrogen-bond acceptors (Lipinski definition) is 5. The SMILES string of the molecule is CCc1nc(CC(=O)NCC2CNCC2O)cs1.Cl.Cl. The van der Waals surface area contributed by atoms with Crippen LogP contribution in [0.5, 0.6) is 0 Å². The molecule has 20 heavy (non-hydrogen) atoms. The zero-order valence-corrected chi connectivity index (χ0v) is 13.7. The molecular weight excluding hydrogens is 321 g/mol. The number of rotatable bonds is 5. The Morgan fingerprint density at radius 1 is 1.55 bits per heavy atom. The van der Waals surface area contributed by atoms with E-state index in [-0.39, 0.29) is 42.7 Å². The first-order valence-electron chi connectivity index (χ1n) is 6.27. The molecule has 0 radical (unpaired) electrons. The zero-order valence-electron chi connectivity index (χ0n) is 11.3. The highest BCUT2D eigenvalue weighted by atomic mass is 35.5. The predicted octanol–water partition coefficient (Wildman–Crippen LogP) is 0.788. The minimum Gasteiger partial charge on any atom is -0.391 e. The van der Waals surface area contributed by atoms with Crippen molar-refractivity contribution >= 4 is 42.1 Å². The lowest BCUT2D eigenvalue weighted by atomic mass is 10.1. The monoisotopic (exact) mass is 341 g/mol. The average molecular weight is 342 g/mol. The minimum atomic E-state index is -0.351. The van der Waals surface area contributed by atoms with Gasteiger partial charge in [-0.1, -0.05) is 6.92 Å². The summed E-state index contributed by atoms with van der Waals surface area (Å²) < 4.78 is 0. The summed E-state index contributed by atoms with van der Waals surface area (Å²) in [7, 11) is 0. The number of carbonyl (C=O) groups excluding carboxylic acids is 1. The molecule has 3 N–H and O–H groups in total. The van der Waals surface area contributed by atoms with Crippen LogP contribution in [0, 0.1) is 5.92 Å². The van der Waals surface area contributed by atoms with Gasteiger partial charge in [-0.15, -0.1) is 36.2 Å². The van der Waals surface area contributed by atoms with Crippen LogP contribution >= 0.6 is 36.2 Å². The molecule has 0 saturated carbocycles. The second kappa shape index (κ2) is 9.52. The Kier molecular flexibility index (Phi) is 9.33. The molecule has 0 spiro atoms. The van der Waals surface area contributed by atoms with Crippen molar-refractivity contribution in [3.63, 3.8) is 0 Å².